The molecule has 0 saturated carbocycles. The van der Waals surface area contributed by atoms with Gasteiger partial charge in [0.25, 0.3) is 5.56 Å². The van der Waals surface area contributed by atoms with Gasteiger partial charge >= 0.3 is 5.69 Å². The summed E-state index contributed by atoms with van der Waals surface area (Å²) in [6.45, 7) is 2.38. The van der Waals surface area contributed by atoms with E-state index in [0.717, 1.165) is 24.2 Å². The van der Waals surface area contributed by atoms with E-state index in [9.17, 15) is 14.4 Å². The van der Waals surface area contributed by atoms with E-state index >= 15 is 0 Å². The molecule has 1 aliphatic heterocycles. The van der Waals surface area contributed by atoms with E-state index < -0.39 is 11.2 Å². The Hall–Kier alpha value is -2.83. The first-order chi connectivity index (χ1) is 12.5. The number of hydrogen-bond donors (Lipinski definition) is 2. The summed E-state index contributed by atoms with van der Waals surface area (Å²) in [5.74, 6) is 0.789. The highest BCUT2D eigenvalue weighted by molar-refractivity contribution is 5.77. The molecule has 3 rings (SSSR count). The topological polar surface area (TPSA) is 95.3 Å². The van der Waals surface area contributed by atoms with Crippen LogP contribution >= 0.6 is 0 Å². The molecule has 2 aromatic rings. The number of carbonyl (C=O) groups excluding carboxylic acids is 1. The molecule has 1 aromatic heterocycles. The van der Waals surface area contributed by atoms with E-state index in [1.165, 1.54) is 0 Å². The molecule has 0 radical (unpaired) electrons. The van der Waals surface area contributed by atoms with Crippen LogP contribution in [0, 0.1) is 6.92 Å². The van der Waals surface area contributed by atoms with Crippen LogP contribution in [0.2, 0.25) is 0 Å². The third-order valence-electron chi connectivity index (χ3n) is 4.90. The second kappa shape index (κ2) is 7.59. The van der Waals surface area contributed by atoms with E-state index in [4.69, 9.17) is 4.74 Å². The van der Waals surface area contributed by atoms with Gasteiger partial charge in [-0.15, -0.1) is 0 Å². The number of hydrogen-bond acceptors (Lipinski definition) is 4. The molecule has 0 bridgehead atoms. The van der Waals surface area contributed by atoms with Crippen LogP contribution in [0.3, 0.4) is 0 Å². The molecule has 0 spiro atoms. The van der Waals surface area contributed by atoms with Crippen molar-refractivity contribution in [2.75, 3.05) is 13.7 Å². The number of benzene rings is 1. The Balaban J connectivity index is 1.73. The highest BCUT2D eigenvalue weighted by Crippen LogP contribution is 2.33. The van der Waals surface area contributed by atoms with Crippen LogP contribution in [0.25, 0.3) is 0 Å². The van der Waals surface area contributed by atoms with Crippen LogP contribution in [0.1, 0.15) is 42.1 Å². The van der Waals surface area contributed by atoms with Gasteiger partial charge in [0.15, 0.2) is 0 Å². The van der Waals surface area contributed by atoms with Crippen LogP contribution in [-0.4, -0.2) is 34.4 Å². The highest BCUT2D eigenvalue weighted by atomic mass is 16.5. The minimum atomic E-state index is -0.528. The van der Waals surface area contributed by atoms with E-state index in [1.807, 2.05) is 29.2 Å². The lowest BCUT2D eigenvalue weighted by molar-refractivity contribution is -0.132. The van der Waals surface area contributed by atoms with Crippen molar-refractivity contribution in [3.8, 4) is 5.75 Å². The average molecular weight is 357 g/mol. The molecule has 2 N–H and O–H groups in total. The summed E-state index contributed by atoms with van der Waals surface area (Å²) in [5, 5.41) is 0. The van der Waals surface area contributed by atoms with Crippen molar-refractivity contribution in [3.05, 3.63) is 61.9 Å². The van der Waals surface area contributed by atoms with Crippen LogP contribution in [0.4, 0.5) is 0 Å². The molecule has 2 heterocycles. The molecule has 26 heavy (non-hydrogen) atoms. The van der Waals surface area contributed by atoms with Gasteiger partial charge in [-0.25, -0.2) is 4.79 Å². The number of methoxy groups -OCH3 is 1. The molecular formula is C19H23N3O4. The number of aromatic nitrogens is 2. The fourth-order valence-electron chi connectivity index (χ4n) is 3.56. The maximum absolute atomic E-state index is 12.8. The monoisotopic (exact) mass is 357 g/mol. The summed E-state index contributed by atoms with van der Waals surface area (Å²) in [7, 11) is 1.63. The Morgan fingerprint density at radius 2 is 2.12 bits per heavy atom. The molecule has 7 nitrogen and oxygen atoms in total. The second-order valence-corrected chi connectivity index (χ2v) is 6.53. The van der Waals surface area contributed by atoms with E-state index in [0.29, 0.717) is 24.2 Å². The number of rotatable bonds is 5. The summed E-state index contributed by atoms with van der Waals surface area (Å²) >= 11 is 0. The second-order valence-electron chi connectivity index (χ2n) is 6.53. The van der Waals surface area contributed by atoms with Gasteiger partial charge in [0, 0.05) is 24.2 Å². The predicted octanol–water partition coefficient (Wildman–Crippen LogP) is 1.68. The van der Waals surface area contributed by atoms with Crippen molar-refractivity contribution in [1.82, 2.24) is 14.9 Å². The van der Waals surface area contributed by atoms with Gasteiger partial charge in [0.2, 0.25) is 5.91 Å². The number of amides is 1. The first-order valence-corrected chi connectivity index (χ1v) is 8.75. The van der Waals surface area contributed by atoms with Gasteiger partial charge in [-0.1, -0.05) is 12.1 Å². The molecular weight excluding hydrogens is 334 g/mol. The van der Waals surface area contributed by atoms with E-state index in [1.54, 1.807) is 14.0 Å². The Labute approximate surface area is 151 Å². The number of likely N-dealkylation sites (tertiary alicyclic amines) is 1. The van der Waals surface area contributed by atoms with Gasteiger partial charge in [-0.05, 0) is 43.9 Å². The first-order valence-electron chi connectivity index (χ1n) is 8.75. The Kier molecular flexibility index (Phi) is 5.25. The van der Waals surface area contributed by atoms with Crippen molar-refractivity contribution in [2.24, 2.45) is 0 Å². The third kappa shape index (κ3) is 3.71. The number of H-pyrrole nitrogens is 2. The lowest BCUT2D eigenvalue weighted by Crippen LogP contribution is -2.32. The summed E-state index contributed by atoms with van der Waals surface area (Å²) in [6.07, 6.45) is 2.40. The smallest absolute Gasteiger partial charge is 0.325 e. The summed E-state index contributed by atoms with van der Waals surface area (Å²) in [5.41, 5.74) is 1.07. The molecule has 1 saturated heterocycles. The van der Waals surface area contributed by atoms with Crippen LogP contribution in [-0.2, 0) is 11.2 Å². The van der Waals surface area contributed by atoms with Crippen molar-refractivity contribution in [2.45, 2.75) is 38.6 Å². The molecule has 1 atom stereocenters. The first kappa shape index (κ1) is 18.0. The third-order valence-corrected chi connectivity index (χ3v) is 4.90. The molecule has 1 fully saturated rings. The maximum atomic E-state index is 12.8. The molecule has 1 amide bonds. The number of aryl methyl sites for hydroxylation is 1. The molecule has 138 valence electrons. The van der Waals surface area contributed by atoms with Crippen molar-refractivity contribution in [3.63, 3.8) is 0 Å². The van der Waals surface area contributed by atoms with Gasteiger partial charge in [0.05, 0.1) is 13.2 Å². The number of carbonyl (C=O) groups is 1. The normalized spacial score (nSPS) is 16.7. The summed E-state index contributed by atoms with van der Waals surface area (Å²) in [6, 6.07) is 7.82. The van der Waals surface area contributed by atoms with Crippen molar-refractivity contribution in [1.29, 1.82) is 0 Å². The van der Waals surface area contributed by atoms with Crippen molar-refractivity contribution < 1.29 is 9.53 Å². The highest BCUT2D eigenvalue weighted by Gasteiger charge is 2.30. The van der Waals surface area contributed by atoms with E-state index in [-0.39, 0.29) is 18.4 Å². The van der Waals surface area contributed by atoms with Crippen LogP contribution < -0.4 is 16.0 Å². The lowest BCUT2D eigenvalue weighted by atomic mass is 10.0. The number of aromatic amines is 2. The average Bonchev–Trinajstić information content (AvgIpc) is 3.10. The fraction of sp³-hybridized carbons (Fsp3) is 0.421. The number of nitrogens with zero attached hydrogens (tertiary/aromatic N) is 1. The Morgan fingerprint density at radius 3 is 2.85 bits per heavy atom. The predicted molar refractivity (Wildman–Crippen MR) is 97.4 cm³/mol. The molecule has 7 heteroatoms. The number of ether oxygens (including phenoxy) is 1. The largest absolute Gasteiger partial charge is 0.497 e. The molecule has 1 unspecified atom stereocenters. The molecule has 1 aliphatic rings. The summed E-state index contributed by atoms with van der Waals surface area (Å²) in [4.78, 5) is 42.6. The zero-order chi connectivity index (χ0) is 18.7. The lowest BCUT2D eigenvalue weighted by Gasteiger charge is -2.25. The molecule has 0 aliphatic carbocycles. The van der Waals surface area contributed by atoms with Gasteiger partial charge in [0.1, 0.15) is 5.75 Å². The van der Waals surface area contributed by atoms with Gasteiger partial charge in [-0.3, -0.25) is 14.6 Å². The van der Waals surface area contributed by atoms with Crippen LogP contribution in [0.5, 0.6) is 5.75 Å². The summed E-state index contributed by atoms with van der Waals surface area (Å²) < 4.78 is 5.28. The minimum absolute atomic E-state index is 0.0142. The van der Waals surface area contributed by atoms with E-state index in [2.05, 4.69) is 9.97 Å². The Bertz CT molecular complexity index is 915. The van der Waals surface area contributed by atoms with Gasteiger partial charge in [-0.2, -0.15) is 0 Å². The quantitative estimate of drug-likeness (QED) is 0.851. The standard InChI is InChI=1S/C19H23N3O4/c1-12-15(18(24)21-19(25)20-12)8-9-17(23)22-10-4-7-16(22)13-5-3-6-14(11-13)26-2/h3,5-6,11,16H,4,7-10H2,1-2H3,(H2,20,21,24,25). The fourth-order valence-corrected chi connectivity index (χ4v) is 3.56. The zero-order valence-corrected chi connectivity index (χ0v) is 15.0. The SMILES string of the molecule is COc1cccc(C2CCCN2C(=O)CCc2c(C)[nH]c(=O)[nH]c2=O)c1. The number of nitrogens with one attached hydrogen (secondary N) is 2. The van der Waals surface area contributed by atoms with Crippen LogP contribution in [0.15, 0.2) is 33.9 Å². The Morgan fingerprint density at radius 1 is 1.31 bits per heavy atom. The zero-order valence-electron chi connectivity index (χ0n) is 15.0. The minimum Gasteiger partial charge on any atom is -0.497 e. The maximum Gasteiger partial charge on any atom is 0.325 e. The molecule has 1 aromatic carbocycles. The van der Waals surface area contributed by atoms with Gasteiger partial charge < -0.3 is 14.6 Å². The van der Waals surface area contributed by atoms with Crippen molar-refractivity contribution >= 4 is 5.91 Å².